The average molecular weight is 506 g/mol. The number of carbonyl (C=O) groups excluding carboxylic acids is 1. The van der Waals surface area contributed by atoms with E-state index < -0.39 is 10.0 Å². The number of carbonyl (C=O) groups is 1. The number of ketones is 1. The van der Waals surface area contributed by atoms with E-state index in [0.717, 1.165) is 39.3 Å². The maximum Gasteiger partial charge on any atom is 0.243 e. The highest BCUT2D eigenvalue weighted by Gasteiger charge is 2.28. The number of piperidine rings is 1. The van der Waals surface area contributed by atoms with Crippen molar-refractivity contribution >= 4 is 43.0 Å². The van der Waals surface area contributed by atoms with E-state index in [1.54, 1.807) is 27.8 Å². The van der Waals surface area contributed by atoms with Crippen LogP contribution < -0.4 is 5.32 Å². The lowest BCUT2D eigenvalue weighted by Gasteiger charge is -2.29. The van der Waals surface area contributed by atoms with Crippen molar-refractivity contribution < 1.29 is 13.2 Å². The van der Waals surface area contributed by atoms with Gasteiger partial charge in [0, 0.05) is 29.9 Å². The van der Waals surface area contributed by atoms with Gasteiger partial charge in [-0.25, -0.2) is 13.4 Å². The molecule has 1 N–H and O–H groups in total. The van der Waals surface area contributed by atoms with Crippen molar-refractivity contribution in [1.29, 1.82) is 0 Å². The first-order valence-corrected chi connectivity index (χ1v) is 14.0. The van der Waals surface area contributed by atoms with E-state index in [1.165, 1.54) is 12.1 Å². The molecule has 1 fully saturated rings. The summed E-state index contributed by atoms with van der Waals surface area (Å²) in [7, 11) is -3.52. The highest BCUT2D eigenvalue weighted by Crippen LogP contribution is 2.31. The molecule has 0 unspecified atom stereocenters. The fourth-order valence-corrected chi connectivity index (χ4v) is 6.66. The Morgan fingerprint density at radius 3 is 2.51 bits per heavy atom. The molecule has 1 aliphatic rings. The van der Waals surface area contributed by atoms with E-state index in [9.17, 15) is 13.2 Å². The van der Waals surface area contributed by atoms with Crippen molar-refractivity contribution in [2.75, 3.05) is 25.0 Å². The molecule has 5 rings (SSSR count). The largest absolute Gasteiger partial charge is 0.378 e. The SMILES string of the molecule is CC1CCN(S(=O)(=O)c2ccc(C(=O)CNc3cccc(-c4nc5ccccc5s4)c3)cc2)CC1. The summed E-state index contributed by atoms with van der Waals surface area (Å²) < 4.78 is 28.5. The van der Waals surface area contributed by atoms with Gasteiger partial charge in [0.2, 0.25) is 10.0 Å². The third kappa shape index (κ3) is 5.15. The fourth-order valence-electron chi connectivity index (χ4n) is 4.23. The molecule has 0 spiro atoms. The molecule has 0 aliphatic carbocycles. The van der Waals surface area contributed by atoms with Crippen molar-refractivity contribution in [1.82, 2.24) is 9.29 Å². The Balaban J connectivity index is 1.24. The van der Waals surface area contributed by atoms with E-state index >= 15 is 0 Å². The van der Waals surface area contributed by atoms with E-state index in [2.05, 4.69) is 18.3 Å². The van der Waals surface area contributed by atoms with Crippen LogP contribution in [0.4, 0.5) is 5.69 Å². The second-order valence-electron chi connectivity index (χ2n) is 8.96. The van der Waals surface area contributed by atoms with Crippen LogP contribution >= 0.6 is 11.3 Å². The van der Waals surface area contributed by atoms with Crippen LogP contribution in [0.5, 0.6) is 0 Å². The summed E-state index contributed by atoms with van der Waals surface area (Å²) in [5, 5.41) is 4.12. The first-order valence-electron chi connectivity index (χ1n) is 11.7. The van der Waals surface area contributed by atoms with Gasteiger partial charge in [-0.1, -0.05) is 31.2 Å². The zero-order valence-electron chi connectivity index (χ0n) is 19.5. The number of sulfonamides is 1. The molecular weight excluding hydrogens is 478 g/mol. The summed E-state index contributed by atoms with van der Waals surface area (Å²) in [6.07, 6.45) is 1.75. The topological polar surface area (TPSA) is 79.4 Å². The summed E-state index contributed by atoms with van der Waals surface area (Å²) in [5.74, 6) is 0.446. The summed E-state index contributed by atoms with van der Waals surface area (Å²) in [6.45, 7) is 3.35. The molecule has 35 heavy (non-hydrogen) atoms. The number of nitrogens with zero attached hydrogens (tertiary/aromatic N) is 2. The lowest BCUT2D eigenvalue weighted by atomic mass is 10.0. The minimum Gasteiger partial charge on any atom is -0.378 e. The molecule has 2 heterocycles. The van der Waals surface area contributed by atoms with Crippen molar-refractivity contribution in [2.24, 2.45) is 5.92 Å². The quantitative estimate of drug-likeness (QED) is 0.327. The number of thiazole rings is 1. The van der Waals surface area contributed by atoms with Crippen LogP contribution in [-0.2, 0) is 10.0 Å². The Morgan fingerprint density at radius 1 is 1.03 bits per heavy atom. The Hall–Kier alpha value is -3.07. The first-order chi connectivity index (χ1) is 16.9. The van der Waals surface area contributed by atoms with Gasteiger partial charge in [-0.15, -0.1) is 11.3 Å². The van der Waals surface area contributed by atoms with Gasteiger partial charge in [0.05, 0.1) is 21.7 Å². The molecule has 1 aliphatic heterocycles. The molecule has 0 radical (unpaired) electrons. The number of hydrogen-bond acceptors (Lipinski definition) is 6. The van der Waals surface area contributed by atoms with Crippen molar-refractivity contribution in [3.8, 4) is 10.6 Å². The van der Waals surface area contributed by atoms with Crippen LogP contribution in [-0.4, -0.2) is 43.1 Å². The Kier molecular flexibility index (Phi) is 6.69. The molecule has 180 valence electrons. The van der Waals surface area contributed by atoms with Gasteiger partial charge in [0.1, 0.15) is 5.01 Å². The predicted molar refractivity (Wildman–Crippen MR) is 141 cm³/mol. The molecule has 0 atom stereocenters. The van der Waals surface area contributed by atoms with Crippen LogP contribution in [0.3, 0.4) is 0 Å². The fraction of sp³-hybridized carbons (Fsp3) is 0.259. The van der Waals surface area contributed by atoms with Gasteiger partial charge in [0.25, 0.3) is 0 Å². The van der Waals surface area contributed by atoms with Gasteiger partial charge < -0.3 is 5.32 Å². The Labute approximate surface area is 209 Å². The first kappa shape index (κ1) is 23.7. The van der Waals surface area contributed by atoms with Crippen molar-refractivity contribution in [3.63, 3.8) is 0 Å². The molecule has 0 amide bonds. The molecule has 1 aromatic heterocycles. The van der Waals surface area contributed by atoms with E-state index in [-0.39, 0.29) is 17.2 Å². The van der Waals surface area contributed by atoms with Crippen molar-refractivity contribution in [3.05, 3.63) is 78.4 Å². The molecule has 4 aromatic rings. The lowest BCUT2D eigenvalue weighted by Crippen LogP contribution is -2.37. The minimum atomic E-state index is -3.52. The highest BCUT2D eigenvalue weighted by molar-refractivity contribution is 7.89. The van der Waals surface area contributed by atoms with Gasteiger partial charge in [-0.2, -0.15) is 4.31 Å². The Bertz CT molecular complexity index is 1420. The molecule has 0 saturated carbocycles. The zero-order chi connectivity index (χ0) is 24.4. The van der Waals surface area contributed by atoms with E-state index in [1.807, 2.05) is 42.5 Å². The standard InChI is InChI=1S/C27H27N3O3S2/c1-19-13-15-30(16-14-19)35(32,33)23-11-9-20(10-12-23)25(31)18-28-22-6-4-5-21(17-22)27-29-24-7-2-3-8-26(24)34-27/h2-12,17,19,28H,13-16,18H2,1H3. The molecule has 6 nitrogen and oxygen atoms in total. The maximum atomic E-state index is 12.9. The minimum absolute atomic E-state index is 0.105. The number of fused-ring (bicyclic) bond motifs is 1. The summed E-state index contributed by atoms with van der Waals surface area (Å²) in [4.78, 5) is 17.7. The monoisotopic (exact) mass is 505 g/mol. The van der Waals surface area contributed by atoms with Gasteiger partial charge in [0.15, 0.2) is 5.78 Å². The smallest absolute Gasteiger partial charge is 0.243 e. The second-order valence-corrected chi connectivity index (χ2v) is 11.9. The normalized spacial score (nSPS) is 15.3. The number of para-hydroxylation sites is 1. The molecular formula is C27H27N3O3S2. The number of aromatic nitrogens is 1. The lowest BCUT2D eigenvalue weighted by molar-refractivity contribution is 0.101. The summed E-state index contributed by atoms with van der Waals surface area (Å²) in [5.41, 5.74) is 3.27. The molecule has 8 heteroatoms. The van der Waals surface area contributed by atoms with E-state index in [0.29, 0.717) is 24.6 Å². The number of nitrogens with one attached hydrogen (secondary N) is 1. The van der Waals surface area contributed by atoms with Gasteiger partial charge in [-0.05, 0) is 67.3 Å². The number of hydrogen-bond donors (Lipinski definition) is 1. The number of rotatable bonds is 7. The van der Waals surface area contributed by atoms with Crippen LogP contribution in [0.25, 0.3) is 20.8 Å². The van der Waals surface area contributed by atoms with Crippen LogP contribution in [0, 0.1) is 5.92 Å². The highest BCUT2D eigenvalue weighted by atomic mass is 32.2. The van der Waals surface area contributed by atoms with Crippen molar-refractivity contribution in [2.45, 2.75) is 24.7 Å². The number of anilines is 1. The van der Waals surface area contributed by atoms with Gasteiger partial charge in [-0.3, -0.25) is 4.79 Å². The average Bonchev–Trinajstić information content (AvgIpc) is 3.32. The third-order valence-electron chi connectivity index (χ3n) is 6.41. The number of Topliss-reactive ketones (excluding diaryl/α,β-unsaturated/α-hetero) is 1. The van der Waals surface area contributed by atoms with Crippen LogP contribution in [0.2, 0.25) is 0 Å². The summed E-state index contributed by atoms with van der Waals surface area (Å²) >= 11 is 1.64. The molecule has 3 aromatic carbocycles. The molecule has 1 saturated heterocycles. The van der Waals surface area contributed by atoms with E-state index in [4.69, 9.17) is 4.98 Å². The third-order valence-corrected chi connectivity index (χ3v) is 9.41. The van der Waals surface area contributed by atoms with Gasteiger partial charge >= 0.3 is 0 Å². The maximum absolute atomic E-state index is 12.9. The second kappa shape index (κ2) is 9.89. The van der Waals surface area contributed by atoms with Crippen LogP contribution in [0.15, 0.2) is 77.7 Å². The van der Waals surface area contributed by atoms with Crippen LogP contribution in [0.1, 0.15) is 30.1 Å². The zero-order valence-corrected chi connectivity index (χ0v) is 21.1. The molecule has 0 bridgehead atoms. The Morgan fingerprint density at radius 2 is 1.77 bits per heavy atom. The number of benzene rings is 3. The predicted octanol–water partition coefficient (Wildman–Crippen LogP) is 5.68. The summed E-state index contributed by atoms with van der Waals surface area (Å²) in [6, 6.07) is 22.2.